The van der Waals surface area contributed by atoms with Crippen LogP contribution in [0.4, 0.5) is 0 Å². The van der Waals surface area contributed by atoms with Crippen LogP contribution in [0, 0.1) is 0 Å². The Hall–Kier alpha value is -1.35. The van der Waals surface area contributed by atoms with Crippen molar-refractivity contribution in [2.45, 2.75) is 6.10 Å². The van der Waals surface area contributed by atoms with Crippen molar-refractivity contribution < 1.29 is 14.6 Å². The topological polar surface area (TPSA) is 49.8 Å². The van der Waals surface area contributed by atoms with Crippen LogP contribution in [0.3, 0.4) is 0 Å². The molecule has 1 saturated heterocycles. The van der Waals surface area contributed by atoms with Gasteiger partial charge in [0.05, 0.1) is 12.2 Å². The molecule has 1 heterocycles. The van der Waals surface area contributed by atoms with E-state index in [2.05, 4.69) is 0 Å². The van der Waals surface area contributed by atoms with Crippen molar-refractivity contribution in [3.05, 3.63) is 29.8 Å². The largest absolute Gasteiger partial charge is 0.507 e. The van der Waals surface area contributed by atoms with Crippen molar-refractivity contribution >= 4 is 5.78 Å². The lowest BCUT2D eigenvalue weighted by Gasteiger charge is -1.98. The second kappa shape index (κ2) is 2.60. The van der Waals surface area contributed by atoms with Crippen molar-refractivity contribution in [2.24, 2.45) is 0 Å². The van der Waals surface area contributed by atoms with Crippen LogP contribution in [0.5, 0.6) is 5.75 Å². The van der Waals surface area contributed by atoms with E-state index < -0.39 is 0 Å². The van der Waals surface area contributed by atoms with Crippen LogP contribution < -0.4 is 0 Å². The molecule has 0 spiro atoms. The number of ketones is 1. The summed E-state index contributed by atoms with van der Waals surface area (Å²) in [5.74, 6) is -0.105. The fourth-order valence-electron chi connectivity index (χ4n) is 1.05. The second-order valence-corrected chi connectivity index (χ2v) is 2.70. The van der Waals surface area contributed by atoms with Gasteiger partial charge >= 0.3 is 0 Å². The van der Waals surface area contributed by atoms with E-state index >= 15 is 0 Å². The highest BCUT2D eigenvalue weighted by molar-refractivity contribution is 6.02. The molecule has 1 atom stereocenters. The summed E-state index contributed by atoms with van der Waals surface area (Å²) in [4.78, 5) is 11.3. The summed E-state index contributed by atoms with van der Waals surface area (Å²) in [6.45, 7) is 0.479. The summed E-state index contributed by atoms with van der Waals surface area (Å²) < 4.78 is 4.82. The Morgan fingerprint density at radius 2 is 2.17 bits per heavy atom. The Morgan fingerprint density at radius 3 is 2.75 bits per heavy atom. The Bertz CT molecular complexity index is 315. The van der Waals surface area contributed by atoms with Gasteiger partial charge in [0, 0.05) is 0 Å². The van der Waals surface area contributed by atoms with Crippen LogP contribution in [0.15, 0.2) is 24.3 Å². The average molecular weight is 164 g/mol. The Labute approximate surface area is 69.6 Å². The van der Waals surface area contributed by atoms with Crippen LogP contribution in [-0.2, 0) is 4.74 Å². The zero-order valence-electron chi connectivity index (χ0n) is 6.36. The first-order valence-corrected chi connectivity index (χ1v) is 3.73. The van der Waals surface area contributed by atoms with Crippen molar-refractivity contribution in [3.63, 3.8) is 0 Å². The fraction of sp³-hybridized carbons (Fsp3) is 0.222. The molecule has 1 N–H and O–H groups in total. The minimum absolute atomic E-state index is 0.0259. The lowest BCUT2D eigenvalue weighted by atomic mass is 10.1. The predicted octanol–water partition coefficient (Wildman–Crippen LogP) is 0.974. The first-order chi connectivity index (χ1) is 5.79. The number of carbonyl (C=O) groups excluding carboxylic acids is 1. The minimum atomic E-state index is -0.321. The number of rotatable bonds is 2. The number of phenolic OH excluding ortho intramolecular Hbond substituents is 1. The molecule has 2 rings (SSSR count). The van der Waals surface area contributed by atoms with Gasteiger partial charge in [0.25, 0.3) is 0 Å². The van der Waals surface area contributed by atoms with Crippen LogP contribution in [0.2, 0.25) is 0 Å². The van der Waals surface area contributed by atoms with E-state index in [1.165, 1.54) is 6.07 Å². The molecule has 1 aromatic rings. The van der Waals surface area contributed by atoms with E-state index in [4.69, 9.17) is 4.74 Å². The van der Waals surface area contributed by atoms with E-state index in [-0.39, 0.29) is 17.6 Å². The molecule has 0 bridgehead atoms. The molecule has 3 nitrogen and oxygen atoms in total. The van der Waals surface area contributed by atoms with Crippen molar-refractivity contribution in [1.29, 1.82) is 0 Å². The van der Waals surface area contributed by atoms with Gasteiger partial charge in [-0.1, -0.05) is 12.1 Å². The zero-order chi connectivity index (χ0) is 8.55. The molecule has 0 aliphatic carbocycles. The average Bonchev–Trinajstić information content (AvgIpc) is 2.86. The van der Waals surface area contributed by atoms with Crippen LogP contribution in [-0.4, -0.2) is 23.6 Å². The summed E-state index contributed by atoms with van der Waals surface area (Å²) in [6, 6.07) is 6.49. The van der Waals surface area contributed by atoms with Gasteiger partial charge < -0.3 is 9.84 Å². The SMILES string of the molecule is O=C(c1ccccc1O)C1CO1. The molecule has 1 aliphatic heterocycles. The van der Waals surface area contributed by atoms with Gasteiger partial charge in [0.15, 0.2) is 5.78 Å². The molecule has 1 aliphatic rings. The molecule has 1 fully saturated rings. The molecule has 1 aromatic carbocycles. The summed E-state index contributed by atoms with van der Waals surface area (Å²) in [7, 11) is 0. The van der Waals surface area contributed by atoms with E-state index in [1.54, 1.807) is 18.2 Å². The molecule has 3 heteroatoms. The van der Waals surface area contributed by atoms with Gasteiger partial charge in [-0.15, -0.1) is 0 Å². The van der Waals surface area contributed by atoms with Crippen LogP contribution in [0.1, 0.15) is 10.4 Å². The van der Waals surface area contributed by atoms with Crippen LogP contribution in [0.25, 0.3) is 0 Å². The smallest absolute Gasteiger partial charge is 0.197 e. The van der Waals surface area contributed by atoms with Gasteiger partial charge in [-0.2, -0.15) is 0 Å². The summed E-state index contributed by atoms with van der Waals surface area (Å²) in [6.07, 6.45) is -0.321. The second-order valence-electron chi connectivity index (χ2n) is 2.70. The highest BCUT2D eigenvalue weighted by atomic mass is 16.6. The van der Waals surface area contributed by atoms with Gasteiger partial charge in [-0.25, -0.2) is 0 Å². The maximum atomic E-state index is 11.3. The maximum Gasteiger partial charge on any atom is 0.197 e. The van der Waals surface area contributed by atoms with Gasteiger partial charge in [0.2, 0.25) is 0 Å². The zero-order valence-corrected chi connectivity index (χ0v) is 6.36. The number of aromatic hydroxyl groups is 1. The normalized spacial score (nSPS) is 20.5. The number of benzene rings is 1. The summed E-state index contributed by atoms with van der Waals surface area (Å²) in [5.41, 5.74) is 0.347. The molecule has 62 valence electrons. The number of ether oxygens (including phenoxy) is 1. The van der Waals surface area contributed by atoms with Crippen LogP contribution >= 0.6 is 0 Å². The molecule has 0 amide bonds. The van der Waals surface area contributed by atoms with E-state index in [9.17, 15) is 9.90 Å². The van der Waals surface area contributed by atoms with Gasteiger partial charge in [-0.05, 0) is 12.1 Å². The number of para-hydroxylation sites is 1. The molecular weight excluding hydrogens is 156 g/mol. The number of epoxide rings is 1. The van der Waals surface area contributed by atoms with E-state index in [0.717, 1.165) is 0 Å². The standard InChI is InChI=1S/C9H8O3/c10-7-4-2-1-3-6(7)9(11)8-5-12-8/h1-4,8,10H,5H2. The molecule has 0 radical (unpaired) electrons. The van der Waals surface area contributed by atoms with Gasteiger partial charge in [-0.3, -0.25) is 4.79 Å². The molecular formula is C9H8O3. The monoisotopic (exact) mass is 164 g/mol. The highest BCUT2D eigenvalue weighted by Crippen LogP contribution is 2.22. The van der Waals surface area contributed by atoms with Crippen molar-refractivity contribution in [2.75, 3.05) is 6.61 Å². The third-order valence-corrected chi connectivity index (χ3v) is 1.80. The first kappa shape index (κ1) is 7.31. The van der Waals surface area contributed by atoms with Gasteiger partial charge in [0.1, 0.15) is 11.9 Å². The molecule has 0 saturated carbocycles. The molecule has 12 heavy (non-hydrogen) atoms. The van der Waals surface area contributed by atoms with E-state index in [1.807, 2.05) is 0 Å². The lowest BCUT2D eigenvalue weighted by Crippen LogP contribution is -2.06. The Balaban J connectivity index is 2.32. The maximum absolute atomic E-state index is 11.3. The number of Topliss-reactive ketones (excluding diaryl/α,β-unsaturated/α-hetero) is 1. The van der Waals surface area contributed by atoms with Crippen molar-refractivity contribution in [1.82, 2.24) is 0 Å². The quantitative estimate of drug-likeness (QED) is 0.523. The number of hydrogen-bond donors (Lipinski definition) is 1. The number of phenols is 1. The molecule has 1 unspecified atom stereocenters. The molecule has 0 aromatic heterocycles. The number of carbonyl (C=O) groups is 1. The lowest BCUT2D eigenvalue weighted by molar-refractivity contribution is 0.0951. The third kappa shape index (κ3) is 1.19. The summed E-state index contributed by atoms with van der Waals surface area (Å²) in [5, 5.41) is 9.28. The third-order valence-electron chi connectivity index (χ3n) is 1.80. The highest BCUT2D eigenvalue weighted by Gasteiger charge is 2.33. The minimum Gasteiger partial charge on any atom is -0.507 e. The fourth-order valence-corrected chi connectivity index (χ4v) is 1.05. The van der Waals surface area contributed by atoms with Crippen molar-refractivity contribution in [3.8, 4) is 5.75 Å². The Morgan fingerprint density at radius 1 is 1.50 bits per heavy atom. The first-order valence-electron chi connectivity index (χ1n) is 3.73. The van der Waals surface area contributed by atoms with E-state index in [0.29, 0.717) is 12.2 Å². The Kier molecular flexibility index (Phi) is 1.59. The predicted molar refractivity (Wildman–Crippen MR) is 42.2 cm³/mol. The number of hydrogen-bond acceptors (Lipinski definition) is 3. The summed E-state index contributed by atoms with van der Waals surface area (Å²) >= 11 is 0.